The van der Waals surface area contributed by atoms with E-state index in [-0.39, 0.29) is 16.9 Å². The van der Waals surface area contributed by atoms with E-state index in [1.807, 2.05) is 0 Å². The molecule has 5 nitrogen and oxygen atoms in total. The molecule has 0 aliphatic rings. The molecule has 0 aromatic heterocycles. The summed E-state index contributed by atoms with van der Waals surface area (Å²) in [5.74, 6) is -0.429. The number of rotatable bonds is 4. The first kappa shape index (κ1) is 14.1. The molecule has 0 unspecified atom stereocenters. The van der Waals surface area contributed by atoms with E-state index in [1.165, 1.54) is 24.4 Å². The lowest BCUT2D eigenvalue weighted by atomic mass is 10.2. The Balaban J connectivity index is 2.18. The summed E-state index contributed by atoms with van der Waals surface area (Å²) in [6.07, 6.45) is 1.26. The Morgan fingerprint density at radius 3 is 2.80 bits per heavy atom. The van der Waals surface area contributed by atoms with Gasteiger partial charge in [-0.1, -0.05) is 28.1 Å². The minimum atomic E-state index is -0.516. The van der Waals surface area contributed by atoms with Crippen LogP contribution in [0.25, 0.3) is 0 Å². The van der Waals surface area contributed by atoms with Gasteiger partial charge in [0.05, 0.1) is 11.1 Å². The number of hydrogen-bond acceptors (Lipinski definition) is 4. The number of nitro benzene ring substituents is 1. The second kappa shape index (κ2) is 6.25. The number of para-hydroxylation sites is 2. The molecule has 0 radical (unpaired) electrons. The predicted molar refractivity (Wildman–Crippen MR) is 78.4 cm³/mol. The Kier molecular flexibility index (Phi) is 4.41. The van der Waals surface area contributed by atoms with Gasteiger partial charge in [-0.3, -0.25) is 15.5 Å². The zero-order valence-corrected chi connectivity index (χ0v) is 11.7. The van der Waals surface area contributed by atoms with Gasteiger partial charge in [-0.2, -0.15) is 5.10 Å². The summed E-state index contributed by atoms with van der Waals surface area (Å²) in [6, 6.07) is 10.5. The number of hydrogen-bond donors (Lipinski definition) is 1. The Hall–Kier alpha value is -2.28. The third kappa shape index (κ3) is 3.39. The van der Waals surface area contributed by atoms with Crippen molar-refractivity contribution in [1.82, 2.24) is 0 Å². The van der Waals surface area contributed by atoms with Crippen molar-refractivity contribution in [3.63, 3.8) is 0 Å². The van der Waals surface area contributed by atoms with Crippen molar-refractivity contribution in [2.24, 2.45) is 5.10 Å². The average Bonchev–Trinajstić information content (AvgIpc) is 2.43. The number of nitro groups is 1. The van der Waals surface area contributed by atoms with Crippen LogP contribution < -0.4 is 5.43 Å². The molecular formula is C13H9BrFN3O2. The summed E-state index contributed by atoms with van der Waals surface area (Å²) < 4.78 is 14.2. The highest BCUT2D eigenvalue weighted by atomic mass is 79.9. The molecule has 0 fully saturated rings. The Morgan fingerprint density at radius 1 is 1.30 bits per heavy atom. The molecule has 0 atom stereocenters. The molecule has 0 bridgehead atoms. The monoisotopic (exact) mass is 337 g/mol. The highest BCUT2D eigenvalue weighted by Gasteiger charge is 2.11. The smallest absolute Gasteiger partial charge is 0.272 e. The molecule has 0 heterocycles. The average molecular weight is 338 g/mol. The highest BCUT2D eigenvalue weighted by Crippen LogP contribution is 2.23. The van der Waals surface area contributed by atoms with Gasteiger partial charge in [0.15, 0.2) is 0 Å². The summed E-state index contributed by atoms with van der Waals surface area (Å²) in [4.78, 5) is 10.3. The lowest BCUT2D eigenvalue weighted by molar-refractivity contribution is -0.384. The number of nitrogens with zero attached hydrogens (tertiary/aromatic N) is 2. The lowest BCUT2D eigenvalue weighted by Crippen LogP contribution is -1.97. The van der Waals surface area contributed by atoms with Crippen LogP contribution in [0.15, 0.2) is 52.0 Å². The SMILES string of the molecule is O=[N+]([O-])c1ccccc1N/N=C\c1cc(Br)ccc1F. The third-order valence-corrected chi connectivity index (χ3v) is 2.94. The van der Waals surface area contributed by atoms with Gasteiger partial charge in [-0.05, 0) is 24.3 Å². The minimum Gasteiger partial charge on any atom is -0.272 e. The maximum Gasteiger partial charge on any atom is 0.294 e. The van der Waals surface area contributed by atoms with Crippen LogP contribution in [0.3, 0.4) is 0 Å². The van der Waals surface area contributed by atoms with Crippen molar-refractivity contribution in [1.29, 1.82) is 0 Å². The molecule has 0 aliphatic carbocycles. The van der Waals surface area contributed by atoms with Crippen LogP contribution in [0.5, 0.6) is 0 Å². The molecule has 0 saturated carbocycles. The predicted octanol–water partition coefficient (Wildman–Crippen LogP) is 3.94. The van der Waals surface area contributed by atoms with Crippen LogP contribution in [0.4, 0.5) is 15.8 Å². The molecule has 2 rings (SSSR count). The molecule has 2 aromatic rings. The van der Waals surface area contributed by atoms with Crippen LogP contribution in [-0.2, 0) is 0 Å². The standard InChI is InChI=1S/C13H9BrFN3O2/c14-10-5-6-11(15)9(7-10)8-16-17-12-3-1-2-4-13(12)18(19)20/h1-8,17H/b16-8-. The molecule has 0 aliphatic heterocycles. The zero-order chi connectivity index (χ0) is 14.5. The van der Waals surface area contributed by atoms with Crippen molar-refractivity contribution in [3.05, 3.63) is 68.4 Å². The van der Waals surface area contributed by atoms with Gasteiger partial charge in [0.1, 0.15) is 11.5 Å². The van der Waals surface area contributed by atoms with Gasteiger partial charge in [0, 0.05) is 16.1 Å². The van der Waals surface area contributed by atoms with E-state index in [9.17, 15) is 14.5 Å². The maximum absolute atomic E-state index is 13.5. The second-order valence-electron chi connectivity index (χ2n) is 3.81. The van der Waals surface area contributed by atoms with E-state index in [0.29, 0.717) is 4.47 Å². The summed E-state index contributed by atoms with van der Waals surface area (Å²) >= 11 is 3.23. The fraction of sp³-hybridized carbons (Fsp3) is 0. The normalized spacial score (nSPS) is 10.7. The fourth-order valence-electron chi connectivity index (χ4n) is 1.51. The van der Waals surface area contributed by atoms with Crippen LogP contribution in [0, 0.1) is 15.9 Å². The quantitative estimate of drug-likeness (QED) is 0.522. The molecule has 1 N–H and O–H groups in total. The first-order chi connectivity index (χ1) is 9.58. The lowest BCUT2D eigenvalue weighted by Gasteiger charge is -2.01. The number of halogens is 2. The van der Waals surface area contributed by atoms with Gasteiger partial charge >= 0.3 is 0 Å². The number of nitrogens with one attached hydrogen (secondary N) is 1. The van der Waals surface area contributed by atoms with Crippen molar-refractivity contribution < 1.29 is 9.31 Å². The molecule has 20 heavy (non-hydrogen) atoms. The molecule has 2 aromatic carbocycles. The van der Waals surface area contributed by atoms with Gasteiger partial charge in [0.2, 0.25) is 0 Å². The van der Waals surface area contributed by atoms with E-state index in [1.54, 1.807) is 24.3 Å². The summed E-state index contributed by atoms with van der Waals surface area (Å²) in [7, 11) is 0. The van der Waals surface area contributed by atoms with E-state index >= 15 is 0 Å². The largest absolute Gasteiger partial charge is 0.294 e. The second-order valence-corrected chi connectivity index (χ2v) is 4.73. The third-order valence-electron chi connectivity index (χ3n) is 2.45. The summed E-state index contributed by atoms with van der Waals surface area (Å²) in [5.41, 5.74) is 2.95. The van der Waals surface area contributed by atoms with Crippen molar-refractivity contribution >= 4 is 33.5 Å². The Morgan fingerprint density at radius 2 is 2.05 bits per heavy atom. The van der Waals surface area contributed by atoms with Crippen LogP contribution >= 0.6 is 15.9 Å². The molecule has 102 valence electrons. The fourth-order valence-corrected chi connectivity index (χ4v) is 1.89. The van der Waals surface area contributed by atoms with Crippen LogP contribution in [0.2, 0.25) is 0 Å². The Labute approximate surface area is 122 Å². The van der Waals surface area contributed by atoms with Gasteiger partial charge in [-0.25, -0.2) is 4.39 Å². The zero-order valence-electron chi connectivity index (χ0n) is 10.1. The minimum absolute atomic E-state index is 0.0978. The molecule has 0 spiro atoms. The van der Waals surface area contributed by atoms with Gasteiger partial charge < -0.3 is 0 Å². The first-order valence-electron chi connectivity index (χ1n) is 5.55. The van der Waals surface area contributed by atoms with Crippen LogP contribution in [-0.4, -0.2) is 11.1 Å². The molecule has 0 saturated heterocycles. The number of hydrazone groups is 1. The van der Waals surface area contributed by atoms with E-state index in [4.69, 9.17) is 0 Å². The highest BCUT2D eigenvalue weighted by molar-refractivity contribution is 9.10. The molecule has 7 heteroatoms. The van der Waals surface area contributed by atoms with E-state index in [2.05, 4.69) is 26.5 Å². The van der Waals surface area contributed by atoms with Crippen molar-refractivity contribution in [2.45, 2.75) is 0 Å². The van der Waals surface area contributed by atoms with Gasteiger partial charge in [0.25, 0.3) is 5.69 Å². The molecular weight excluding hydrogens is 329 g/mol. The topological polar surface area (TPSA) is 67.5 Å². The Bertz CT molecular complexity index is 676. The number of benzene rings is 2. The van der Waals surface area contributed by atoms with Crippen molar-refractivity contribution in [3.8, 4) is 0 Å². The van der Waals surface area contributed by atoms with Gasteiger partial charge in [-0.15, -0.1) is 0 Å². The van der Waals surface area contributed by atoms with Crippen LogP contribution in [0.1, 0.15) is 5.56 Å². The van der Waals surface area contributed by atoms with E-state index in [0.717, 1.165) is 0 Å². The summed E-state index contributed by atoms with van der Waals surface area (Å²) in [6.45, 7) is 0. The molecule has 0 amide bonds. The van der Waals surface area contributed by atoms with E-state index < -0.39 is 10.7 Å². The van der Waals surface area contributed by atoms with Crippen molar-refractivity contribution in [2.75, 3.05) is 5.43 Å². The first-order valence-corrected chi connectivity index (χ1v) is 6.35. The number of anilines is 1. The maximum atomic E-state index is 13.5. The summed E-state index contributed by atoms with van der Waals surface area (Å²) in [5, 5.41) is 14.6.